The second-order valence-electron chi connectivity index (χ2n) is 16.0. The van der Waals surface area contributed by atoms with Crippen molar-refractivity contribution in [3.05, 3.63) is 35.9 Å². The number of hydrogen-bond donors (Lipinski definition) is 4. The third kappa shape index (κ3) is 11.4. The lowest BCUT2D eigenvalue weighted by Gasteiger charge is -2.47. The average molecular weight is 751 g/mol. The molecule has 1 aromatic carbocycles. The van der Waals surface area contributed by atoms with Crippen LogP contribution in [0.3, 0.4) is 0 Å². The van der Waals surface area contributed by atoms with Crippen LogP contribution in [-0.2, 0) is 39.8 Å². The molecule has 13 nitrogen and oxygen atoms in total. The van der Waals surface area contributed by atoms with E-state index in [9.17, 15) is 30.0 Å². The molecule has 2 aliphatic rings. The molecule has 4 N–H and O–H groups in total. The highest BCUT2D eigenvalue weighted by molar-refractivity contribution is 5.88. The Morgan fingerprint density at radius 1 is 1.04 bits per heavy atom. The van der Waals surface area contributed by atoms with Gasteiger partial charge in [0.1, 0.15) is 30.5 Å². The quantitative estimate of drug-likeness (QED) is 0.155. The van der Waals surface area contributed by atoms with Gasteiger partial charge >= 0.3 is 11.9 Å². The largest absolute Gasteiger partial charge is 0.461 e. The highest BCUT2D eigenvalue weighted by Crippen LogP contribution is 2.39. The molecule has 14 atom stereocenters. The van der Waals surface area contributed by atoms with Crippen molar-refractivity contribution in [2.24, 2.45) is 28.8 Å². The number of hydrogen-bond acceptors (Lipinski definition) is 13. The number of aliphatic hydroxyl groups is 4. The SMILES string of the molecule is CC[C@@H]1OC(=O)[C@H](C)[C@@H](OC(C)=O)[C@H](C)[C@@H](O[C@@H]2O[C@H](C)C[C@H](N(C)C)[C@H]2O)[C@@](C)(O)C[C@H](C)/C(=N\OCCCc2ccccc2)[C@@H](C)[C@@H](O)[C@]1(C)O. The lowest BCUT2D eigenvalue weighted by atomic mass is 9.73. The molecular weight excluding hydrogens is 684 g/mol. The Kier molecular flexibility index (Phi) is 16.3. The minimum absolute atomic E-state index is 0.00568. The highest BCUT2D eigenvalue weighted by Gasteiger charge is 2.52. The molecule has 2 saturated heterocycles. The summed E-state index contributed by atoms with van der Waals surface area (Å²) >= 11 is 0. The van der Waals surface area contributed by atoms with Crippen LogP contribution in [0.15, 0.2) is 35.5 Å². The van der Waals surface area contributed by atoms with Gasteiger partial charge in [0.05, 0.1) is 35.5 Å². The first-order valence-corrected chi connectivity index (χ1v) is 19.1. The van der Waals surface area contributed by atoms with Gasteiger partial charge in [-0.05, 0) is 79.5 Å². The Bertz CT molecular complexity index is 1340. The number of rotatable bonds is 10. The maximum Gasteiger partial charge on any atom is 0.312 e. The third-order valence-corrected chi connectivity index (χ3v) is 11.1. The number of benzene rings is 1. The second-order valence-corrected chi connectivity index (χ2v) is 16.0. The first-order valence-electron chi connectivity index (χ1n) is 19.1. The summed E-state index contributed by atoms with van der Waals surface area (Å²) in [6, 6.07) is 9.68. The molecule has 0 saturated carbocycles. The van der Waals surface area contributed by atoms with Crippen molar-refractivity contribution in [1.82, 2.24) is 4.90 Å². The zero-order valence-electron chi connectivity index (χ0n) is 33.6. The van der Waals surface area contributed by atoms with Gasteiger partial charge in [-0.1, -0.05) is 63.2 Å². The second kappa shape index (κ2) is 19.3. The van der Waals surface area contributed by atoms with Crippen LogP contribution in [0.2, 0.25) is 0 Å². The highest BCUT2D eigenvalue weighted by atomic mass is 16.7. The molecular formula is C40H66N2O11. The van der Waals surface area contributed by atoms with E-state index in [-0.39, 0.29) is 31.6 Å². The van der Waals surface area contributed by atoms with Crippen LogP contribution in [-0.4, -0.2) is 124 Å². The van der Waals surface area contributed by atoms with Gasteiger partial charge in [0.15, 0.2) is 6.29 Å². The van der Waals surface area contributed by atoms with Crippen molar-refractivity contribution in [3.63, 3.8) is 0 Å². The lowest BCUT2D eigenvalue weighted by molar-refractivity contribution is -0.299. The molecule has 13 heteroatoms. The van der Waals surface area contributed by atoms with Crippen LogP contribution in [0, 0.1) is 23.7 Å². The predicted octanol–water partition coefficient (Wildman–Crippen LogP) is 3.87. The maximum atomic E-state index is 13.8. The van der Waals surface area contributed by atoms with Crippen LogP contribution < -0.4 is 0 Å². The topological polar surface area (TPSA) is 177 Å². The molecule has 0 bridgehead atoms. The smallest absolute Gasteiger partial charge is 0.312 e. The fourth-order valence-electron chi connectivity index (χ4n) is 8.09. The minimum Gasteiger partial charge on any atom is -0.461 e. The molecule has 0 unspecified atom stereocenters. The summed E-state index contributed by atoms with van der Waals surface area (Å²) in [6.45, 7) is 14.9. The molecule has 3 rings (SSSR count). The van der Waals surface area contributed by atoms with Gasteiger partial charge in [0.2, 0.25) is 0 Å². The van der Waals surface area contributed by atoms with Gasteiger partial charge < -0.3 is 49.1 Å². The van der Waals surface area contributed by atoms with E-state index in [0.717, 1.165) is 12.0 Å². The molecule has 0 radical (unpaired) electrons. The third-order valence-electron chi connectivity index (χ3n) is 11.1. The summed E-state index contributed by atoms with van der Waals surface area (Å²) in [5, 5.41) is 52.0. The van der Waals surface area contributed by atoms with Crippen molar-refractivity contribution in [1.29, 1.82) is 0 Å². The van der Waals surface area contributed by atoms with E-state index in [4.69, 9.17) is 23.8 Å². The number of likely N-dealkylation sites (N-methyl/N-ethyl adjacent to an activating group) is 1. The van der Waals surface area contributed by atoms with Gasteiger partial charge in [-0.3, -0.25) is 9.59 Å². The molecule has 0 spiro atoms. The fraction of sp³-hybridized carbons (Fsp3) is 0.775. The Morgan fingerprint density at radius 2 is 1.68 bits per heavy atom. The Labute approximate surface area is 316 Å². The molecule has 2 aliphatic heterocycles. The lowest BCUT2D eigenvalue weighted by Crippen LogP contribution is -2.60. The van der Waals surface area contributed by atoms with Crippen LogP contribution in [0.4, 0.5) is 0 Å². The van der Waals surface area contributed by atoms with Gasteiger partial charge in [-0.2, -0.15) is 0 Å². The summed E-state index contributed by atoms with van der Waals surface area (Å²) in [5.74, 6) is -4.73. The number of carbonyl (C=O) groups is 2. The van der Waals surface area contributed by atoms with E-state index in [2.05, 4.69) is 5.16 Å². The summed E-state index contributed by atoms with van der Waals surface area (Å²) in [4.78, 5) is 34.1. The number of oxime groups is 1. The van der Waals surface area contributed by atoms with Crippen molar-refractivity contribution < 1.29 is 53.8 Å². The number of esters is 2. The van der Waals surface area contributed by atoms with Gasteiger partial charge in [0.25, 0.3) is 0 Å². The van der Waals surface area contributed by atoms with E-state index in [1.807, 2.05) is 63.2 Å². The summed E-state index contributed by atoms with van der Waals surface area (Å²) in [5.41, 5.74) is -2.12. The standard InChI is InChI=1S/C40H66N2O11/c1-12-31-40(9,48)35(45)25(4)32(41-49-20-16-19-29-17-14-13-15-18-29)23(2)22-39(8,47)36(26(5)34(51-28(7)43)27(6)37(46)52-31)53-38-33(44)30(42(10)11)21-24(3)50-38/h13-15,17-18,23-27,30-31,33-36,38,44-45,47-48H,12,16,19-22H2,1-11H3/b41-32+/t23-,24+,25+,26-,27+,30-,31-,33+,34-,35+,36+,38-,39-,40+/m0/s1. The van der Waals surface area contributed by atoms with Crippen molar-refractivity contribution in [2.75, 3.05) is 20.7 Å². The number of aliphatic hydroxyl groups excluding tert-OH is 2. The summed E-state index contributed by atoms with van der Waals surface area (Å²) < 4.78 is 24.4. The van der Waals surface area contributed by atoms with E-state index in [1.165, 1.54) is 13.8 Å². The van der Waals surface area contributed by atoms with E-state index in [1.54, 1.807) is 34.6 Å². The molecule has 1 aromatic rings. The van der Waals surface area contributed by atoms with E-state index >= 15 is 0 Å². The molecule has 0 aliphatic carbocycles. The number of nitrogens with zero attached hydrogens (tertiary/aromatic N) is 2. The Balaban J connectivity index is 2.11. The number of carbonyl (C=O) groups excluding carboxylic acids is 2. The molecule has 302 valence electrons. The Morgan fingerprint density at radius 3 is 2.26 bits per heavy atom. The number of ether oxygens (including phenoxy) is 4. The first kappa shape index (κ1) is 44.7. The van der Waals surface area contributed by atoms with Gasteiger partial charge in [0, 0.05) is 30.7 Å². The molecule has 53 heavy (non-hydrogen) atoms. The minimum atomic E-state index is -1.92. The fourth-order valence-corrected chi connectivity index (χ4v) is 8.09. The van der Waals surface area contributed by atoms with Gasteiger partial charge in [-0.15, -0.1) is 0 Å². The first-order chi connectivity index (χ1) is 24.7. The summed E-state index contributed by atoms with van der Waals surface area (Å²) in [6.07, 6.45) is -5.31. The Hall–Kier alpha value is -2.65. The van der Waals surface area contributed by atoms with Crippen molar-refractivity contribution in [2.45, 2.75) is 155 Å². The van der Waals surface area contributed by atoms with Gasteiger partial charge in [-0.25, -0.2) is 0 Å². The molecule has 2 fully saturated rings. The normalized spacial score (nSPS) is 40.0. The molecule has 2 heterocycles. The van der Waals surface area contributed by atoms with Crippen LogP contribution in [0.5, 0.6) is 0 Å². The van der Waals surface area contributed by atoms with Crippen LogP contribution in [0.25, 0.3) is 0 Å². The zero-order chi connectivity index (χ0) is 39.8. The number of cyclic esters (lactones) is 1. The van der Waals surface area contributed by atoms with Crippen molar-refractivity contribution in [3.8, 4) is 0 Å². The van der Waals surface area contributed by atoms with Crippen LogP contribution >= 0.6 is 0 Å². The molecule has 0 aromatic heterocycles. The van der Waals surface area contributed by atoms with Crippen LogP contribution in [0.1, 0.15) is 93.6 Å². The average Bonchev–Trinajstić information content (AvgIpc) is 3.09. The molecule has 0 amide bonds. The number of aryl methyl sites for hydroxylation is 1. The maximum absolute atomic E-state index is 13.8. The van der Waals surface area contributed by atoms with Crippen molar-refractivity contribution >= 4 is 17.7 Å². The summed E-state index contributed by atoms with van der Waals surface area (Å²) in [7, 11) is 3.71. The predicted molar refractivity (Wildman–Crippen MR) is 200 cm³/mol. The zero-order valence-corrected chi connectivity index (χ0v) is 33.6. The van der Waals surface area contributed by atoms with E-state index in [0.29, 0.717) is 18.6 Å². The monoisotopic (exact) mass is 750 g/mol. The van der Waals surface area contributed by atoms with E-state index < -0.39 is 83.6 Å².